The summed E-state index contributed by atoms with van der Waals surface area (Å²) in [6.45, 7) is 29.9. The Morgan fingerprint density at radius 2 is 1.26 bits per heavy atom. The van der Waals surface area contributed by atoms with Gasteiger partial charge in [-0.1, -0.05) is 99.0 Å². The zero-order valence-corrected chi connectivity index (χ0v) is 27.7. The van der Waals surface area contributed by atoms with E-state index in [-0.39, 0.29) is 0 Å². The summed E-state index contributed by atoms with van der Waals surface area (Å²) in [4.78, 5) is 0. The van der Waals surface area contributed by atoms with Crippen LogP contribution in [0.15, 0.2) is 28.9 Å². The number of benzene rings is 1. The van der Waals surface area contributed by atoms with E-state index >= 15 is 0 Å². The molecule has 0 bridgehead atoms. The predicted octanol–water partition coefficient (Wildman–Crippen LogP) is 10.6. The van der Waals surface area contributed by atoms with Crippen molar-refractivity contribution in [3.63, 3.8) is 0 Å². The van der Waals surface area contributed by atoms with Gasteiger partial charge in [0.05, 0.1) is 0 Å². The van der Waals surface area contributed by atoms with Crippen LogP contribution in [0.25, 0.3) is 10.9 Å². The molecule has 0 amide bonds. The zero-order chi connectivity index (χ0) is 26.0. The summed E-state index contributed by atoms with van der Waals surface area (Å²) in [5, 5.41) is 1.42. The van der Waals surface area contributed by atoms with E-state index < -0.39 is 16.6 Å². The molecule has 0 atom stereocenters. The first kappa shape index (κ1) is 29.9. The summed E-state index contributed by atoms with van der Waals surface area (Å²) in [6, 6.07) is 6.92. The Hall–Kier alpha value is -0.366. The molecule has 34 heavy (non-hydrogen) atoms. The molecule has 0 N–H and O–H groups in total. The molecule has 1 aromatic heterocycles. The summed E-state index contributed by atoms with van der Waals surface area (Å²) in [5.41, 5.74) is 6.87. The van der Waals surface area contributed by atoms with Gasteiger partial charge in [-0.25, -0.2) is 0 Å². The van der Waals surface area contributed by atoms with Crippen molar-refractivity contribution in [1.82, 2.24) is 4.23 Å². The first-order chi connectivity index (χ1) is 15.7. The van der Waals surface area contributed by atoms with Crippen LogP contribution in [-0.4, -0.2) is 27.4 Å². The lowest BCUT2D eigenvalue weighted by molar-refractivity contribution is 0.272. The van der Waals surface area contributed by atoms with Gasteiger partial charge in [-0.15, -0.1) is 0 Å². The molecule has 0 saturated heterocycles. The Kier molecular flexibility index (Phi) is 10.4. The molecule has 2 aromatic rings. The van der Waals surface area contributed by atoms with E-state index in [0.29, 0.717) is 33.2 Å². The Morgan fingerprint density at radius 3 is 1.71 bits per heavy atom. The third-order valence-electron chi connectivity index (χ3n) is 8.69. The van der Waals surface area contributed by atoms with Gasteiger partial charge in [0.25, 0.3) is 0 Å². The molecule has 0 fully saturated rings. The van der Waals surface area contributed by atoms with E-state index in [1.54, 1.807) is 0 Å². The van der Waals surface area contributed by atoms with Crippen molar-refractivity contribution >= 4 is 43.4 Å². The van der Waals surface area contributed by atoms with Crippen molar-refractivity contribution < 1.29 is 4.43 Å². The molecule has 0 radical (unpaired) electrons. The maximum absolute atomic E-state index is 6.89. The summed E-state index contributed by atoms with van der Waals surface area (Å²) in [5.74, 6) is 0. The van der Waals surface area contributed by atoms with Gasteiger partial charge < -0.3 is 8.66 Å². The van der Waals surface area contributed by atoms with Gasteiger partial charge >= 0.3 is 0 Å². The summed E-state index contributed by atoms with van der Waals surface area (Å²) in [7, 11) is -3.61. The standard InChI is InChI=1S/C29H52BrNOSi2/c1-20(2)33(21(3)4,22(5)6)31-19-26(28-18-27(30)15-16-29(28)31)14-13-17-32-34(23(7)8,24(9)10)25(11)12/h15-16,18-25H,13-14,17H2,1-12H3. The number of aromatic nitrogens is 1. The van der Waals surface area contributed by atoms with Crippen LogP contribution in [0.1, 0.15) is 95.1 Å². The van der Waals surface area contributed by atoms with Gasteiger partial charge in [-0.3, -0.25) is 0 Å². The summed E-state index contributed by atoms with van der Waals surface area (Å²) in [6.07, 6.45) is 4.71. The molecule has 1 heterocycles. The molecule has 0 spiro atoms. The van der Waals surface area contributed by atoms with Gasteiger partial charge in [-0.2, -0.15) is 0 Å². The number of halogens is 1. The maximum atomic E-state index is 6.89. The van der Waals surface area contributed by atoms with Crippen LogP contribution in [0, 0.1) is 0 Å². The van der Waals surface area contributed by atoms with Gasteiger partial charge in [0.2, 0.25) is 0 Å². The third-order valence-corrected chi connectivity index (χ3v) is 22.1. The van der Waals surface area contributed by atoms with E-state index in [1.807, 2.05) is 0 Å². The summed E-state index contributed by atoms with van der Waals surface area (Å²) >= 11 is 3.75. The minimum Gasteiger partial charge on any atom is -0.416 e. The first-order valence-electron chi connectivity index (χ1n) is 13.7. The van der Waals surface area contributed by atoms with E-state index in [4.69, 9.17) is 4.43 Å². The van der Waals surface area contributed by atoms with Gasteiger partial charge in [0.1, 0.15) is 0 Å². The van der Waals surface area contributed by atoms with Gasteiger partial charge in [-0.05, 0) is 76.0 Å². The summed E-state index contributed by atoms with van der Waals surface area (Å²) < 4.78 is 10.8. The number of rotatable bonds is 12. The number of hydrogen-bond acceptors (Lipinski definition) is 1. The van der Waals surface area contributed by atoms with E-state index in [1.165, 1.54) is 20.9 Å². The van der Waals surface area contributed by atoms with Crippen molar-refractivity contribution in [3.8, 4) is 0 Å². The van der Waals surface area contributed by atoms with Crippen molar-refractivity contribution in [2.45, 2.75) is 129 Å². The molecule has 194 valence electrons. The SMILES string of the molecule is CC(C)[Si](OCCCc1cn([Si](C(C)C)(C(C)C)C(C)C)c2ccc(Br)cc12)(C(C)C)C(C)C. The largest absolute Gasteiger partial charge is 0.416 e. The predicted molar refractivity (Wildman–Crippen MR) is 161 cm³/mol. The molecule has 5 heteroatoms. The van der Waals surface area contributed by atoms with Gasteiger partial charge in [0.15, 0.2) is 16.6 Å². The van der Waals surface area contributed by atoms with Crippen molar-refractivity contribution in [1.29, 1.82) is 0 Å². The fourth-order valence-electron chi connectivity index (χ4n) is 7.64. The highest BCUT2D eigenvalue weighted by Gasteiger charge is 2.46. The lowest BCUT2D eigenvalue weighted by atomic mass is 10.1. The second kappa shape index (κ2) is 11.8. The smallest absolute Gasteiger partial charge is 0.200 e. The monoisotopic (exact) mass is 565 g/mol. The second-order valence-corrected chi connectivity index (χ2v) is 24.4. The normalized spacial score (nSPS) is 13.7. The van der Waals surface area contributed by atoms with Crippen molar-refractivity contribution in [2.75, 3.05) is 6.61 Å². The Balaban J connectivity index is 2.43. The van der Waals surface area contributed by atoms with Crippen LogP contribution >= 0.6 is 15.9 Å². The Morgan fingerprint density at radius 1 is 0.765 bits per heavy atom. The molecular weight excluding hydrogens is 514 g/mol. The van der Waals surface area contributed by atoms with Crippen LogP contribution in [0.4, 0.5) is 0 Å². The molecule has 1 aromatic carbocycles. The minimum absolute atomic E-state index is 0.639. The Bertz CT molecular complexity index is 886. The minimum atomic E-state index is -1.81. The molecule has 0 aliphatic carbocycles. The molecule has 2 rings (SSSR count). The molecule has 0 aliphatic heterocycles. The number of nitrogens with zero attached hydrogens (tertiary/aromatic N) is 1. The third kappa shape index (κ3) is 5.33. The van der Waals surface area contributed by atoms with Crippen LogP contribution in [0.5, 0.6) is 0 Å². The highest BCUT2D eigenvalue weighted by atomic mass is 79.9. The average molecular weight is 567 g/mol. The average Bonchev–Trinajstić information content (AvgIpc) is 3.04. The lowest BCUT2D eigenvalue weighted by Gasteiger charge is -2.44. The van der Waals surface area contributed by atoms with Crippen LogP contribution < -0.4 is 0 Å². The second-order valence-electron chi connectivity index (χ2n) is 12.3. The van der Waals surface area contributed by atoms with Crippen molar-refractivity contribution in [3.05, 3.63) is 34.4 Å². The maximum Gasteiger partial charge on any atom is 0.200 e. The zero-order valence-electron chi connectivity index (χ0n) is 24.1. The fraction of sp³-hybridized carbons (Fsp3) is 0.724. The first-order valence-corrected chi connectivity index (χ1v) is 18.8. The highest BCUT2D eigenvalue weighted by molar-refractivity contribution is 9.10. The van der Waals surface area contributed by atoms with Crippen LogP contribution in [0.2, 0.25) is 33.2 Å². The van der Waals surface area contributed by atoms with E-state index in [9.17, 15) is 0 Å². The topological polar surface area (TPSA) is 14.2 Å². The van der Waals surface area contributed by atoms with E-state index in [2.05, 4.69) is 128 Å². The van der Waals surface area contributed by atoms with Gasteiger partial charge in [0, 0.05) is 22.0 Å². The fourth-order valence-corrected chi connectivity index (χ4v) is 20.2. The van der Waals surface area contributed by atoms with E-state index in [0.717, 1.165) is 19.4 Å². The molecule has 2 nitrogen and oxygen atoms in total. The molecule has 0 saturated carbocycles. The number of fused-ring (bicyclic) bond motifs is 1. The highest BCUT2D eigenvalue weighted by Crippen LogP contribution is 2.45. The molecular formula is C29H52BrNOSi2. The van der Waals surface area contributed by atoms with Crippen molar-refractivity contribution in [2.24, 2.45) is 0 Å². The number of aryl methyl sites for hydroxylation is 1. The molecule has 0 aliphatic rings. The number of hydrogen-bond donors (Lipinski definition) is 0. The van der Waals surface area contributed by atoms with Crippen LogP contribution in [-0.2, 0) is 10.8 Å². The van der Waals surface area contributed by atoms with Crippen LogP contribution in [0.3, 0.4) is 0 Å². The molecule has 0 unspecified atom stereocenters. The lowest BCUT2D eigenvalue weighted by Crippen LogP contribution is -2.51. The quantitative estimate of drug-likeness (QED) is 0.184. The Labute approximate surface area is 221 Å².